The van der Waals surface area contributed by atoms with E-state index in [1.807, 2.05) is 47.1 Å². The van der Waals surface area contributed by atoms with Crippen molar-refractivity contribution in [2.75, 3.05) is 13.7 Å². The molecule has 0 spiro atoms. The van der Waals surface area contributed by atoms with Gasteiger partial charge in [0.25, 0.3) is 0 Å². The van der Waals surface area contributed by atoms with Gasteiger partial charge in [-0.05, 0) is 42.8 Å². The molecule has 0 bridgehead atoms. The van der Waals surface area contributed by atoms with E-state index in [9.17, 15) is 4.79 Å². The Hall–Kier alpha value is -3.77. The summed E-state index contributed by atoms with van der Waals surface area (Å²) in [5.41, 5.74) is 11.5. The predicted molar refractivity (Wildman–Crippen MR) is 101 cm³/mol. The summed E-state index contributed by atoms with van der Waals surface area (Å²) in [6.07, 6.45) is 5.19. The Bertz CT molecular complexity index is 1060. The number of aromatic nitrogens is 2. The van der Waals surface area contributed by atoms with Crippen LogP contribution in [0, 0.1) is 0 Å². The van der Waals surface area contributed by atoms with Crippen LogP contribution in [0.1, 0.15) is 12.5 Å². The quantitative estimate of drug-likeness (QED) is 0.215. The fraction of sp³-hybridized carbons (Fsp3) is 0.158. The number of carbonyl (C=O) groups excluding carboxylic acids is 1. The zero-order valence-electron chi connectivity index (χ0n) is 14.9. The van der Waals surface area contributed by atoms with Gasteiger partial charge in [0.2, 0.25) is 0 Å². The highest BCUT2D eigenvalue weighted by Gasteiger charge is 2.12. The Morgan fingerprint density at radius 1 is 1.37 bits per heavy atom. The zero-order chi connectivity index (χ0) is 19.2. The van der Waals surface area contributed by atoms with Crippen LogP contribution in [0.5, 0.6) is 5.75 Å². The topological polar surface area (TPSA) is 102 Å². The minimum absolute atomic E-state index is 0.126. The maximum atomic E-state index is 12.0. The number of hydrogen-bond donors (Lipinski definition) is 0. The number of benzene rings is 1. The highest BCUT2D eigenvalue weighted by atomic mass is 16.5. The largest absolute Gasteiger partial charge is 0.497 e. The van der Waals surface area contributed by atoms with Crippen LogP contribution in [0.15, 0.2) is 59.6 Å². The standard InChI is InChI=1S/C19H17N5O3/c1-3-27-19(25)16(22-23-20)11-14-7-5-9-24-12-17(21-18(14)24)13-6-4-8-15(10-13)26-2/h4-12H,3H2,1-2H3. The zero-order valence-corrected chi connectivity index (χ0v) is 14.9. The van der Waals surface area contributed by atoms with E-state index in [-0.39, 0.29) is 12.3 Å². The Morgan fingerprint density at radius 3 is 2.96 bits per heavy atom. The number of ether oxygens (including phenoxy) is 2. The van der Waals surface area contributed by atoms with Crippen LogP contribution in [0.3, 0.4) is 0 Å². The molecule has 3 aromatic rings. The third-order valence-electron chi connectivity index (χ3n) is 3.81. The van der Waals surface area contributed by atoms with Gasteiger partial charge in [0.15, 0.2) is 0 Å². The van der Waals surface area contributed by atoms with Crippen molar-refractivity contribution in [1.29, 1.82) is 0 Å². The maximum absolute atomic E-state index is 12.0. The van der Waals surface area contributed by atoms with Crippen LogP contribution in [0.25, 0.3) is 33.4 Å². The fourth-order valence-electron chi connectivity index (χ4n) is 2.60. The van der Waals surface area contributed by atoms with Gasteiger partial charge >= 0.3 is 5.97 Å². The summed E-state index contributed by atoms with van der Waals surface area (Å²) in [5.74, 6) is 0.0505. The molecule has 1 aromatic carbocycles. The molecule has 2 aromatic heterocycles. The summed E-state index contributed by atoms with van der Waals surface area (Å²) in [4.78, 5) is 19.3. The van der Waals surface area contributed by atoms with Gasteiger partial charge in [-0.25, -0.2) is 9.78 Å². The molecule has 136 valence electrons. The van der Waals surface area contributed by atoms with Crippen LogP contribution in [-0.4, -0.2) is 29.1 Å². The van der Waals surface area contributed by atoms with Crippen molar-refractivity contribution in [2.45, 2.75) is 6.92 Å². The molecule has 0 fully saturated rings. The van der Waals surface area contributed by atoms with Gasteiger partial charge in [-0.2, -0.15) is 0 Å². The predicted octanol–water partition coefficient (Wildman–Crippen LogP) is 4.22. The number of methoxy groups -OCH3 is 1. The molecule has 8 heteroatoms. The van der Waals surface area contributed by atoms with Gasteiger partial charge in [0, 0.05) is 28.4 Å². The second-order valence-corrected chi connectivity index (χ2v) is 5.49. The molecule has 3 rings (SSSR count). The average molecular weight is 363 g/mol. The Labute approximate surface area is 155 Å². The van der Waals surface area contributed by atoms with Gasteiger partial charge in [-0.15, -0.1) is 0 Å². The molecule has 0 aliphatic carbocycles. The number of carbonyl (C=O) groups is 1. The van der Waals surface area contributed by atoms with E-state index in [4.69, 9.17) is 15.0 Å². The van der Waals surface area contributed by atoms with E-state index in [1.165, 1.54) is 6.08 Å². The smallest absolute Gasteiger partial charge is 0.340 e. The third-order valence-corrected chi connectivity index (χ3v) is 3.81. The Kier molecular flexibility index (Phi) is 5.39. The number of hydrogen-bond acceptors (Lipinski definition) is 5. The average Bonchev–Trinajstić information content (AvgIpc) is 3.13. The summed E-state index contributed by atoms with van der Waals surface area (Å²) in [6, 6.07) is 11.2. The van der Waals surface area contributed by atoms with Crippen LogP contribution < -0.4 is 4.74 Å². The number of fused-ring (bicyclic) bond motifs is 1. The Balaban J connectivity index is 2.09. The molecule has 0 saturated carbocycles. The fourth-order valence-corrected chi connectivity index (χ4v) is 2.60. The van der Waals surface area contributed by atoms with E-state index >= 15 is 0 Å². The van der Waals surface area contributed by atoms with E-state index < -0.39 is 5.97 Å². The minimum atomic E-state index is -0.683. The van der Waals surface area contributed by atoms with Gasteiger partial charge in [0.1, 0.15) is 17.1 Å². The molecule has 0 aliphatic heterocycles. The van der Waals surface area contributed by atoms with Crippen molar-refractivity contribution in [1.82, 2.24) is 9.38 Å². The normalized spacial score (nSPS) is 11.1. The van der Waals surface area contributed by atoms with E-state index in [2.05, 4.69) is 15.0 Å². The van der Waals surface area contributed by atoms with Crippen molar-refractivity contribution >= 4 is 17.7 Å². The lowest BCUT2D eigenvalue weighted by Gasteiger charge is -2.02. The van der Waals surface area contributed by atoms with Crippen LogP contribution in [-0.2, 0) is 9.53 Å². The third kappa shape index (κ3) is 3.91. The van der Waals surface area contributed by atoms with E-state index in [0.717, 1.165) is 17.0 Å². The lowest BCUT2D eigenvalue weighted by atomic mass is 10.1. The maximum Gasteiger partial charge on any atom is 0.340 e. The summed E-state index contributed by atoms with van der Waals surface area (Å²) in [5, 5.41) is 3.45. The number of pyridine rings is 1. The first-order valence-corrected chi connectivity index (χ1v) is 8.22. The highest BCUT2D eigenvalue weighted by molar-refractivity contribution is 5.94. The SMILES string of the molecule is CCOC(=O)C(=Cc1cccn2cc(-c3cccc(OC)c3)nc12)N=[N+]=[N-]. The number of imidazole rings is 1. The van der Waals surface area contributed by atoms with Gasteiger partial charge < -0.3 is 13.9 Å². The van der Waals surface area contributed by atoms with E-state index in [1.54, 1.807) is 20.1 Å². The van der Waals surface area contributed by atoms with Crippen molar-refractivity contribution in [3.05, 3.63) is 70.5 Å². The van der Waals surface area contributed by atoms with Gasteiger partial charge in [0.05, 0.1) is 19.4 Å². The molecule has 0 unspecified atom stereocenters. The molecule has 0 amide bonds. The molecule has 8 nitrogen and oxygen atoms in total. The summed E-state index contributed by atoms with van der Waals surface area (Å²) in [7, 11) is 1.61. The second kappa shape index (κ2) is 8.07. The van der Waals surface area contributed by atoms with E-state index in [0.29, 0.717) is 11.2 Å². The molecule has 0 radical (unpaired) electrons. The van der Waals surface area contributed by atoms with Crippen LogP contribution in [0.4, 0.5) is 0 Å². The molecule has 0 aliphatic rings. The number of nitrogens with zero attached hydrogens (tertiary/aromatic N) is 5. The summed E-state index contributed by atoms with van der Waals surface area (Å²) >= 11 is 0. The van der Waals surface area contributed by atoms with Crippen LogP contribution >= 0.6 is 0 Å². The summed E-state index contributed by atoms with van der Waals surface area (Å²) < 4.78 is 12.0. The van der Waals surface area contributed by atoms with Crippen LogP contribution in [0.2, 0.25) is 0 Å². The molecule has 2 heterocycles. The van der Waals surface area contributed by atoms with Gasteiger partial charge in [-0.3, -0.25) is 0 Å². The lowest BCUT2D eigenvalue weighted by Crippen LogP contribution is -2.05. The molecular weight excluding hydrogens is 346 g/mol. The van der Waals surface area contributed by atoms with Crippen molar-refractivity contribution in [3.8, 4) is 17.0 Å². The number of rotatable bonds is 6. The first-order valence-electron chi connectivity index (χ1n) is 8.22. The molecule has 27 heavy (non-hydrogen) atoms. The molecule has 0 atom stereocenters. The summed E-state index contributed by atoms with van der Waals surface area (Å²) in [6.45, 7) is 1.87. The second-order valence-electron chi connectivity index (χ2n) is 5.49. The first-order chi connectivity index (χ1) is 13.2. The molecular formula is C19H17N5O3. The van der Waals surface area contributed by atoms with Gasteiger partial charge in [-0.1, -0.05) is 17.2 Å². The first kappa shape index (κ1) is 18.0. The highest BCUT2D eigenvalue weighted by Crippen LogP contribution is 2.25. The minimum Gasteiger partial charge on any atom is -0.497 e. The van der Waals surface area contributed by atoms with Crippen molar-refractivity contribution in [3.63, 3.8) is 0 Å². The Morgan fingerprint density at radius 2 is 2.22 bits per heavy atom. The monoisotopic (exact) mass is 363 g/mol. The molecule has 0 saturated heterocycles. The number of esters is 1. The lowest BCUT2D eigenvalue weighted by molar-refractivity contribution is -0.138. The number of azide groups is 1. The van der Waals surface area contributed by atoms with Crippen molar-refractivity contribution in [2.24, 2.45) is 5.11 Å². The molecule has 0 N–H and O–H groups in total. The van der Waals surface area contributed by atoms with Crippen molar-refractivity contribution < 1.29 is 14.3 Å².